The molecule has 0 aromatic carbocycles. The quantitative estimate of drug-likeness (QED) is 0.407. The van der Waals surface area contributed by atoms with Crippen molar-refractivity contribution in [2.45, 2.75) is 45.8 Å². The molecule has 1 aliphatic heterocycles. The van der Waals surface area contributed by atoms with E-state index in [1.165, 1.54) is 0 Å². The Morgan fingerprint density at radius 1 is 1.25 bits per heavy atom. The van der Waals surface area contributed by atoms with Crippen molar-refractivity contribution >= 4 is 5.71 Å². The third-order valence-corrected chi connectivity index (χ3v) is 2.69. The summed E-state index contributed by atoms with van der Waals surface area (Å²) in [5.74, 6) is 0. The lowest BCUT2D eigenvalue weighted by atomic mass is 10.0. The van der Waals surface area contributed by atoms with Gasteiger partial charge in [0.2, 0.25) is 5.71 Å². The maximum absolute atomic E-state index is 11.6. The van der Waals surface area contributed by atoms with Gasteiger partial charge in [-0.1, -0.05) is 0 Å². The van der Waals surface area contributed by atoms with Crippen LogP contribution in [0.15, 0.2) is 0 Å². The van der Waals surface area contributed by atoms with Crippen LogP contribution < -0.4 is 0 Å². The SMILES string of the molecule is CC1=[N+]([O-])C(C)(C)[N+](=O)C1(C)C. The molecule has 0 radical (unpaired) electrons. The summed E-state index contributed by atoms with van der Waals surface area (Å²) in [6.45, 7) is 8.48. The van der Waals surface area contributed by atoms with Gasteiger partial charge in [-0.2, -0.15) is 0 Å². The molecule has 1 heterocycles. The van der Waals surface area contributed by atoms with Crippen molar-refractivity contribution in [1.29, 1.82) is 0 Å². The minimum atomic E-state index is -0.965. The second-order valence-electron chi connectivity index (χ2n) is 4.23. The molecule has 0 N–H and O–H groups in total. The molecular formula is C8H15N2O2+. The number of nitrogens with zero attached hydrogens (tertiary/aromatic N) is 2. The number of hydrogen-bond donors (Lipinski definition) is 0. The predicted octanol–water partition coefficient (Wildman–Crippen LogP) is 1.26. The van der Waals surface area contributed by atoms with Gasteiger partial charge in [0.15, 0.2) is 0 Å². The Kier molecular flexibility index (Phi) is 1.57. The monoisotopic (exact) mass is 171 g/mol. The van der Waals surface area contributed by atoms with Crippen LogP contribution in [0.4, 0.5) is 0 Å². The predicted molar refractivity (Wildman–Crippen MR) is 46.1 cm³/mol. The molecule has 0 fully saturated rings. The highest BCUT2D eigenvalue weighted by molar-refractivity contribution is 5.85. The van der Waals surface area contributed by atoms with E-state index in [1.807, 2.05) is 0 Å². The van der Waals surface area contributed by atoms with Crippen LogP contribution in [-0.2, 0) is 0 Å². The maximum atomic E-state index is 11.6. The van der Waals surface area contributed by atoms with Crippen LogP contribution in [0.3, 0.4) is 0 Å². The summed E-state index contributed by atoms with van der Waals surface area (Å²) < 4.78 is 1.64. The van der Waals surface area contributed by atoms with Crippen molar-refractivity contribution in [3.05, 3.63) is 10.1 Å². The molecular weight excluding hydrogens is 156 g/mol. The molecule has 1 aliphatic rings. The van der Waals surface area contributed by atoms with E-state index in [2.05, 4.69) is 0 Å². The highest BCUT2D eigenvalue weighted by Gasteiger charge is 2.64. The highest BCUT2D eigenvalue weighted by atomic mass is 16.5. The van der Waals surface area contributed by atoms with Gasteiger partial charge in [0, 0.05) is 25.7 Å². The molecule has 0 atom stereocenters. The first-order valence-electron chi connectivity index (χ1n) is 4.01. The lowest BCUT2D eigenvalue weighted by Gasteiger charge is -2.10. The molecule has 0 unspecified atom stereocenters. The van der Waals surface area contributed by atoms with E-state index in [-0.39, 0.29) is 0 Å². The van der Waals surface area contributed by atoms with Crippen molar-refractivity contribution in [3.8, 4) is 0 Å². The molecule has 0 saturated heterocycles. The molecule has 4 nitrogen and oxygen atoms in total. The van der Waals surface area contributed by atoms with Crippen molar-refractivity contribution in [3.63, 3.8) is 0 Å². The van der Waals surface area contributed by atoms with Gasteiger partial charge < -0.3 is 5.21 Å². The summed E-state index contributed by atoms with van der Waals surface area (Å²) in [7, 11) is 0. The first kappa shape index (κ1) is 9.16. The van der Waals surface area contributed by atoms with Gasteiger partial charge in [0.05, 0.1) is 18.6 Å². The zero-order valence-electron chi connectivity index (χ0n) is 8.21. The molecule has 12 heavy (non-hydrogen) atoms. The van der Waals surface area contributed by atoms with Gasteiger partial charge in [0.1, 0.15) is 0 Å². The molecule has 0 aromatic heterocycles. The maximum Gasteiger partial charge on any atom is 0.401 e. The van der Waals surface area contributed by atoms with Gasteiger partial charge in [-0.05, 0) is 0 Å². The molecule has 0 spiro atoms. The van der Waals surface area contributed by atoms with E-state index in [0.717, 1.165) is 9.50 Å². The highest BCUT2D eigenvalue weighted by Crippen LogP contribution is 2.28. The summed E-state index contributed by atoms with van der Waals surface area (Å²) in [6, 6.07) is 0. The summed E-state index contributed by atoms with van der Waals surface area (Å²) in [6.07, 6.45) is 0. The van der Waals surface area contributed by atoms with E-state index in [9.17, 15) is 10.1 Å². The lowest BCUT2D eigenvalue weighted by Crippen LogP contribution is -2.44. The van der Waals surface area contributed by atoms with E-state index in [0.29, 0.717) is 5.71 Å². The van der Waals surface area contributed by atoms with Gasteiger partial charge in [-0.3, -0.25) is 0 Å². The molecule has 0 aliphatic carbocycles. The van der Waals surface area contributed by atoms with Gasteiger partial charge in [-0.25, -0.2) is 0 Å². The molecule has 0 aromatic rings. The van der Waals surface area contributed by atoms with Crippen LogP contribution >= 0.6 is 0 Å². The van der Waals surface area contributed by atoms with E-state index in [1.54, 1.807) is 34.6 Å². The fourth-order valence-electron chi connectivity index (χ4n) is 1.57. The minimum Gasteiger partial charge on any atom is -0.619 e. The Morgan fingerprint density at radius 2 is 1.67 bits per heavy atom. The zero-order valence-corrected chi connectivity index (χ0v) is 8.21. The van der Waals surface area contributed by atoms with E-state index in [4.69, 9.17) is 0 Å². The van der Waals surface area contributed by atoms with Crippen LogP contribution in [0, 0.1) is 10.1 Å². The normalized spacial score (nSPS) is 26.6. The first-order chi connectivity index (χ1) is 5.22. The fourth-order valence-corrected chi connectivity index (χ4v) is 1.57. The van der Waals surface area contributed by atoms with Crippen molar-refractivity contribution in [2.24, 2.45) is 0 Å². The van der Waals surface area contributed by atoms with Crippen molar-refractivity contribution in [1.82, 2.24) is 0 Å². The average molecular weight is 171 g/mol. The standard InChI is InChI=1S/C8H15N2O2/c1-6-7(2,3)10(12)8(4,5)9(6)11/h1-5H3/q+1. The third kappa shape index (κ3) is 0.806. The smallest absolute Gasteiger partial charge is 0.401 e. The Labute approximate surface area is 72.0 Å². The Balaban J connectivity index is 3.31. The van der Waals surface area contributed by atoms with Crippen molar-refractivity contribution < 1.29 is 9.50 Å². The Hall–Kier alpha value is -0.930. The van der Waals surface area contributed by atoms with Crippen LogP contribution in [0.5, 0.6) is 0 Å². The van der Waals surface area contributed by atoms with Crippen LogP contribution in [0.1, 0.15) is 34.6 Å². The van der Waals surface area contributed by atoms with Gasteiger partial charge in [-0.15, -0.1) is 4.74 Å². The summed E-state index contributed by atoms with van der Waals surface area (Å²) in [4.78, 5) is 11.6. The van der Waals surface area contributed by atoms with Gasteiger partial charge in [0.25, 0.3) is 5.54 Å². The van der Waals surface area contributed by atoms with Crippen molar-refractivity contribution in [2.75, 3.05) is 0 Å². The number of hydroxylamine groups is 1. The minimum absolute atomic E-state index is 0.572. The third-order valence-electron chi connectivity index (χ3n) is 2.69. The molecule has 0 saturated carbocycles. The Bertz CT molecular complexity index is 251. The van der Waals surface area contributed by atoms with E-state index >= 15 is 0 Å². The van der Waals surface area contributed by atoms with Gasteiger partial charge >= 0.3 is 5.66 Å². The summed E-state index contributed by atoms with van der Waals surface area (Å²) in [5, 5.41) is 11.5. The molecule has 0 bridgehead atoms. The summed E-state index contributed by atoms with van der Waals surface area (Å²) >= 11 is 0. The molecule has 68 valence electrons. The average Bonchev–Trinajstić information content (AvgIpc) is 2.06. The largest absolute Gasteiger partial charge is 0.619 e. The topological polar surface area (TPSA) is 46.1 Å². The number of hydrogen-bond acceptors (Lipinski definition) is 2. The second-order valence-corrected chi connectivity index (χ2v) is 4.23. The molecule has 1 rings (SSSR count). The van der Waals surface area contributed by atoms with Crippen LogP contribution in [0.2, 0.25) is 0 Å². The number of rotatable bonds is 0. The molecule has 0 amide bonds. The van der Waals surface area contributed by atoms with E-state index < -0.39 is 11.2 Å². The Morgan fingerprint density at radius 3 is 1.75 bits per heavy atom. The molecule has 4 heteroatoms. The van der Waals surface area contributed by atoms with Crippen LogP contribution in [-0.4, -0.2) is 26.4 Å². The number of nitroso groups, excluding NO2 is 1. The second kappa shape index (κ2) is 2.06. The summed E-state index contributed by atoms with van der Waals surface area (Å²) in [5.41, 5.74) is -1.07. The fraction of sp³-hybridized carbons (Fsp3) is 0.875. The lowest BCUT2D eigenvalue weighted by molar-refractivity contribution is -0.796. The zero-order chi connectivity index (χ0) is 9.73. The first-order valence-corrected chi connectivity index (χ1v) is 4.01. The van der Waals surface area contributed by atoms with Crippen LogP contribution in [0.25, 0.3) is 0 Å².